The summed E-state index contributed by atoms with van der Waals surface area (Å²) in [5, 5.41) is 0. The highest BCUT2D eigenvalue weighted by Crippen LogP contribution is 2.45. The molecule has 2 bridgehead atoms. The van der Waals surface area contributed by atoms with Crippen LogP contribution in [-0.4, -0.2) is 23.5 Å². The van der Waals surface area contributed by atoms with E-state index in [9.17, 15) is 0 Å². The van der Waals surface area contributed by atoms with Gasteiger partial charge in [-0.15, -0.1) is 0 Å². The second-order valence-electron chi connectivity index (χ2n) is 4.52. The molecule has 1 fully saturated rings. The molecular formula is C11H20O2Si. The summed E-state index contributed by atoms with van der Waals surface area (Å²) in [6.07, 6.45) is 8.97. The lowest BCUT2D eigenvalue weighted by Gasteiger charge is -2.19. The van der Waals surface area contributed by atoms with Gasteiger partial charge >= 0.3 is 9.28 Å². The number of hydrogen-bond acceptors (Lipinski definition) is 2. The van der Waals surface area contributed by atoms with Crippen LogP contribution in [0.15, 0.2) is 12.2 Å². The Bertz CT molecular complexity index is 213. The van der Waals surface area contributed by atoms with Crippen molar-refractivity contribution in [2.75, 3.05) is 14.2 Å². The van der Waals surface area contributed by atoms with Crippen LogP contribution in [0.4, 0.5) is 0 Å². The third-order valence-electron chi connectivity index (χ3n) is 3.72. The lowest BCUT2D eigenvalue weighted by atomic mass is 9.91. The fourth-order valence-corrected chi connectivity index (χ4v) is 4.27. The highest BCUT2D eigenvalue weighted by atomic mass is 28.3. The standard InChI is InChI=1S/C11H20O2Si/c1-12-14(13-2)6-5-11-8-9-3-4-10(11)7-9/h3-4,9-11,14H,5-8H2,1-2H3. The van der Waals surface area contributed by atoms with Gasteiger partial charge in [-0.05, 0) is 43.1 Å². The molecule has 14 heavy (non-hydrogen) atoms. The van der Waals surface area contributed by atoms with Crippen LogP contribution in [0.1, 0.15) is 19.3 Å². The van der Waals surface area contributed by atoms with Crippen LogP contribution in [0.25, 0.3) is 0 Å². The van der Waals surface area contributed by atoms with Crippen LogP contribution in [0.2, 0.25) is 6.04 Å². The first-order valence-electron chi connectivity index (χ1n) is 5.57. The maximum atomic E-state index is 5.34. The smallest absolute Gasteiger partial charge is 0.320 e. The molecule has 3 unspecified atom stereocenters. The molecule has 2 nitrogen and oxygen atoms in total. The summed E-state index contributed by atoms with van der Waals surface area (Å²) in [6.45, 7) is 0. The van der Waals surface area contributed by atoms with Crippen LogP contribution in [0.3, 0.4) is 0 Å². The van der Waals surface area contributed by atoms with Crippen LogP contribution in [-0.2, 0) is 8.85 Å². The van der Waals surface area contributed by atoms with Crippen molar-refractivity contribution in [1.29, 1.82) is 0 Å². The zero-order valence-electron chi connectivity index (χ0n) is 9.11. The molecule has 2 aliphatic rings. The summed E-state index contributed by atoms with van der Waals surface area (Å²) in [7, 11) is 2.26. The summed E-state index contributed by atoms with van der Waals surface area (Å²) in [5.41, 5.74) is 0. The Kier molecular flexibility index (Phi) is 3.41. The minimum absolute atomic E-state index is 0.878. The molecule has 0 N–H and O–H groups in total. The van der Waals surface area contributed by atoms with E-state index in [4.69, 9.17) is 8.85 Å². The minimum atomic E-state index is -1.30. The quantitative estimate of drug-likeness (QED) is 0.513. The Morgan fingerprint density at radius 3 is 2.50 bits per heavy atom. The van der Waals surface area contributed by atoms with E-state index in [2.05, 4.69) is 12.2 Å². The molecule has 2 aliphatic carbocycles. The van der Waals surface area contributed by atoms with Crippen molar-refractivity contribution >= 4 is 9.28 Å². The monoisotopic (exact) mass is 212 g/mol. The van der Waals surface area contributed by atoms with Crippen molar-refractivity contribution in [1.82, 2.24) is 0 Å². The largest absolute Gasteiger partial charge is 0.400 e. The normalized spacial score (nSPS) is 34.6. The van der Waals surface area contributed by atoms with Crippen molar-refractivity contribution in [3.63, 3.8) is 0 Å². The average Bonchev–Trinajstić information content (AvgIpc) is 2.80. The second-order valence-corrected chi connectivity index (χ2v) is 6.90. The van der Waals surface area contributed by atoms with E-state index in [-0.39, 0.29) is 0 Å². The zero-order valence-corrected chi connectivity index (χ0v) is 10.3. The molecule has 0 aromatic heterocycles. The Hall–Kier alpha value is -0.123. The van der Waals surface area contributed by atoms with Gasteiger partial charge in [0, 0.05) is 14.2 Å². The van der Waals surface area contributed by atoms with Gasteiger partial charge in [0.2, 0.25) is 0 Å². The molecule has 0 aliphatic heterocycles. The third kappa shape index (κ3) is 2.10. The topological polar surface area (TPSA) is 18.5 Å². The molecule has 0 heterocycles. The maximum Gasteiger partial charge on any atom is 0.320 e. The number of hydrogen-bond donors (Lipinski definition) is 0. The van der Waals surface area contributed by atoms with Crippen molar-refractivity contribution in [3.8, 4) is 0 Å². The number of allylic oxidation sites excluding steroid dienone is 2. The van der Waals surface area contributed by atoms with Gasteiger partial charge in [0.25, 0.3) is 0 Å². The fraction of sp³-hybridized carbons (Fsp3) is 0.818. The molecule has 3 heteroatoms. The van der Waals surface area contributed by atoms with E-state index in [1.54, 1.807) is 14.2 Å². The summed E-state index contributed by atoms with van der Waals surface area (Å²) < 4.78 is 10.7. The van der Waals surface area contributed by atoms with Gasteiger partial charge in [-0.2, -0.15) is 0 Å². The molecule has 0 aromatic rings. The molecule has 0 aromatic carbocycles. The number of rotatable bonds is 5. The molecule has 0 amide bonds. The fourth-order valence-electron chi connectivity index (χ4n) is 2.91. The SMILES string of the molecule is CO[SiH](CCC1CC2C=CC1C2)OC. The molecule has 80 valence electrons. The van der Waals surface area contributed by atoms with Gasteiger partial charge in [0.15, 0.2) is 0 Å². The van der Waals surface area contributed by atoms with E-state index in [0.29, 0.717) is 0 Å². The first kappa shape index (κ1) is 10.4. The van der Waals surface area contributed by atoms with Crippen molar-refractivity contribution < 1.29 is 8.85 Å². The summed E-state index contributed by atoms with van der Waals surface area (Å²) in [5.74, 6) is 2.70. The minimum Gasteiger partial charge on any atom is -0.400 e. The molecule has 0 spiro atoms. The predicted molar refractivity (Wildman–Crippen MR) is 59.4 cm³/mol. The van der Waals surface area contributed by atoms with Crippen molar-refractivity contribution in [3.05, 3.63) is 12.2 Å². The Morgan fingerprint density at radius 2 is 2.00 bits per heavy atom. The molecule has 2 rings (SSSR count). The van der Waals surface area contributed by atoms with Crippen LogP contribution >= 0.6 is 0 Å². The predicted octanol–water partition coefficient (Wildman–Crippen LogP) is 2.10. The Balaban J connectivity index is 1.74. The van der Waals surface area contributed by atoms with Crippen LogP contribution in [0, 0.1) is 17.8 Å². The van der Waals surface area contributed by atoms with Crippen molar-refractivity contribution in [2.24, 2.45) is 17.8 Å². The molecule has 1 saturated carbocycles. The zero-order chi connectivity index (χ0) is 9.97. The molecule has 0 saturated heterocycles. The summed E-state index contributed by atoms with van der Waals surface area (Å²) in [6, 6.07) is 1.18. The van der Waals surface area contributed by atoms with Crippen molar-refractivity contribution in [2.45, 2.75) is 25.3 Å². The third-order valence-corrected chi connectivity index (χ3v) is 5.57. The van der Waals surface area contributed by atoms with Gasteiger partial charge in [-0.3, -0.25) is 0 Å². The van der Waals surface area contributed by atoms with Gasteiger partial charge in [-0.1, -0.05) is 12.2 Å². The second kappa shape index (κ2) is 4.60. The highest BCUT2D eigenvalue weighted by molar-refractivity contribution is 6.44. The molecular weight excluding hydrogens is 192 g/mol. The van der Waals surface area contributed by atoms with Gasteiger partial charge in [0.05, 0.1) is 0 Å². The lowest BCUT2D eigenvalue weighted by molar-refractivity contribution is 0.271. The average molecular weight is 212 g/mol. The number of fused-ring (bicyclic) bond motifs is 2. The lowest BCUT2D eigenvalue weighted by Crippen LogP contribution is -2.20. The van der Waals surface area contributed by atoms with E-state index < -0.39 is 9.28 Å². The van der Waals surface area contributed by atoms with Crippen LogP contribution in [0.5, 0.6) is 0 Å². The first-order valence-corrected chi connectivity index (χ1v) is 7.33. The molecule has 3 atom stereocenters. The first-order chi connectivity index (χ1) is 6.83. The maximum absolute atomic E-state index is 5.34. The Labute approximate surface area is 88.1 Å². The highest BCUT2D eigenvalue weighted by Gasteiger charge is 2.35. The van der Waals surface area contributed by atoms with E-state index in [1.807, 2.05) is 0 Å². The Morgan fingerprint density at radius 1 is 1.21 bits per heavy atom. The molecule has 0 radical (unpaired) electrons. The van der Waals surface area contributed by atoms with Crippen LogP contribution < -0.4 is 0 Å². The van der Waals surface area contributed by atoms with Gasteiger partial charge in [-0.25, -0.2) is 0 Å². The van der Waals surface area contributed by atoms with E-state index >= 15 is 0 Å². The van der Waals surface area contributed by atoms with E-state index in [0.717, 1.165) is 17.8 Å². The summed E-state index contributed by atoms with van der Waals surface area (Å²) >= 11 is 0. The van der Waals surface area contributed by atoms with Gasteiger partial charge < -0.3 is 8.85 Å². The summed E-state index contributed by atoms with van der Waals surface area (Å²) in [4.78, 5) is 0. The van der Waals surface area contributed by atoms with E-state index in [1.165, 1.54) is 25.3 Å². The van der Waals surface area contributed by atoms with Gasteiger partial charge in [0.1, 0.15) is 0 Å².